The summed E-state index contributed by atoms with van der Waals surface area (Å²) in [4.78, 5) is 0. The molecule has 14 heavy (non-hydrogen) atoms. The molecule has 0 unspecified atom stereocenters. The summed E-state index contributed by atoms with van der Waals surface area (Å²) in [6.45, 7) is 10.7. The highest BCUT2D eigenvalue weighted by Crippen LogP contribution is 2.70. The molecule has 2 aliphatic rings. The van der Waals surface area contributed by atoms with Crippen LogP contribution in [-0.2, 0) is 0 Å². The van der Waals surface area contributed by atoms with Crippen molar-refractivity contribution in [2.45, 2.75) is 52.1 Å². The van der Waals surface area contributed by atoms with E-state index in [4.69, 9.17) is 0 Å². The third-order valence-corrected chi connectivity index (χ3v) is 5.53. The first kappa shape index (κ1) is 10.2. The van der Waals surface area contributed by atoms with Crippen LogP contribution in [0.25, 0.3) is 0 Å². The van der Waals surface area contributed by atoms with E-state index in [2.05, 4.69) is 27.4 Å². The Kier molecular flexibility index (Phi) is 1.92. The van der Waals surface area contributed by atoms with Crippen LogP contribution in [0, 0.1) is 16.7 Å². The molecule has 0 aromatic carbocycles. The molecular weight excluding hydrogens is 172 g/mol. The van der Waals surface area contributed by atoms with Gasteiger partial charge < -0.3 is 5.11 Å². The van der Waals surface area contributed by atoms with Crippen molar-refractivity contribution in [1.82, 2.24) is 0 Å². The maximum Gasteiger partial charge on any atom is 0.0743 e. The third-order valence-electron chi connectivity index (χ3n) is 5.53. The molecule has 2 bridgehead atoms. The zero-order chi connectivity index (χ0) is 10.6. The lowest BCUT2D eigenvalue weighted by atomic mass is 9.63. The first-order valence-corrected chi connectivity index (χ1v) is 5.71. The predicted octanol–water partition coefficient (Wildman–Crippen LogP) is 3.14. The fraction of sp³-hybridized carbons (Fsp3) is 0.846. The second-order valence-electron chi connectivity index (χ2n) is 6.02. The van der Waals surface area contributed by atoms with Gasteiger partial charge in [0, 0.05) is 5.41 Å². The molecule has 0 aromatic heterocycles. The number of hydrogen-bond donors (Lipinski definition) is 1. The number of hydrogen-bond acceptors (Lipinski definition) is 1. The Morgan fingerprint density at radius 3 is 2.43 bits per heavy atom. The molecule has 1 heteroatoms. The number of rotatable bonds is 2. The lowest BCUT2D eigenvalue weighted by Gasteiger charge is -2.45. The Bertz CT molecular complexity index is 268. The lowest BCUT2D eigenvalue weighted by Crippen LogP contribution is -2.46. The van der Waals surface area contributed by atoms with E-state index >= 15 is 0 Å². The van der Waals surface area contributed by atoms with E-state index in [0.717, 1.165) is 12.8 Å². The summed E-state index contributed by atoms with van der Waals surface area (Å²) in [6, 6.07) is 0. The average Bonchev–Trinajstić information content (AvgIpc) is 2.36. The Hall–Kier alpha value is -0.300. The lowest BCUT2D eigenvalue weighted by molar-refractivity contribution is -0.0866. The molecule has 2 saturated carbocycles. The summed E-state index contributed by atoms with van der Waals surface area (Å²) in [6.07, 6.45) is 6.08. The number of fused-ring (bicyclic) bond motifs is 2. The fourth-order valence-electron chi connectivity index (χ4n) is 3.97. The summed E-state index contributed by atoms with van der Waals surface area (Å²) in [5.74, 6) is 0.706. The molecule has 0 aromatic rings. The molecule has 1 N–H and O–H groups in total. The second kappa shape index (κ2) is 2.63. The van der Waals surface area contributed by atoms with Crippen LogP contribution in [0.3, 0.4) is 0 Å². The average molecular weight is 194 g/mol. The monoisotopic (exact) mass is 194 g/mol. The molecule has 2 rings (SSSR count). The van der Waals surface area contributed by atoms with Crippen molar-refractivity contribution in [3.63, 3.8) is 0 Å². The fourth-order valence-corrected chi connectivity index (χ4v) is 3.97. The van der Waals surface area contributed by atoms with E-state index < -0.39 is 5.60 Å². The van der Waals surface area contributed by atoms with E-state index in [1.807, 2.05) is 6.08 Å². The van der Waals surface area contributed by atoms with E-state index in [1.165, 1.54) is 12.8 Å². The van der Waals surface area contributed by atoms with Crippen LogP contribution in [0.1, 0.15) is 46.5 Å². The van der Waals surface area contributed by atoms with Gasteiger partial charge >= 0.3 is 0 Å². The Labute approximate surface area is 87.2 Å². The molecule has 0 heterocycles. The molecule has 80 valence electrons. The summed E-state index contributed by atoms with van der Waals surface area (Å²) >= 11 is 0. The highest BCUT2D eigenvalue weighted by molar-refractivity contribution is 5.18. The normalized spacial score (nSPS) is 49.6. The third kappa shape index (κ3) is 0.894. The van der Waals surface area contributed by atoms with E-state index in [-0.39, 0.29) is 5.41 Å². The highest BCUT2D eigenvalue weighted by atomic mass is 16.3. The standard InChI is InChI=1S/C13H22O/c1-5-7-13(14)9-10-6-8-12(13,4)11(10,2)3/h5,10,14H,1,6-9H2,2-4H3/t10-,12-,13-/m0/s1. The van der Waals surface area contributed by atoms with Gasteiger partial charge in [0.05, 0.1) is 5.60 Å². The minimum absolute atomic E-state index is 0.0961. The quantitative estimate of drug-likeness (QED) is 0.670. The van der Waals surface area contributed by atoms with Crippen molar-refractivity contribution in [2.24, 2.45) is 16.7 Å². The van der Waals surface area contributed by atoms with Crippen LogP contribution in [0.15, 0.2) is 12.7 Å². The van der Waals surface area contributed by atoms with E-state index in [9.17, 15) is 5.11 Å². The molecule has 0 aliphatic heterocycles. The van der Waals surface area contributed by atoms with Gasteiger partial charge in [0.25, 0.3) is 0 Å². The summed E-state index contributed by atoms with van der Waals surface area (Å²) in [7, 11) is 0. The molecule has 1 nitrogen and oxygen atoms in total. The van der Waals surface area contributed by atoms with Crippen molar-refractivity contribution >= 4 is 0 Å². The van der Waals surface area contributed by atoms with Gasteiger partial charge in [-0.15, -0.1) is 6.58 Å². The van der Waals surface area contributed by atoms with Crippen molar-refractivity contribution in [1.29, 1.82) is 0 Å². The molecule has 0 amide bonds. The van der Waals surface area contributed by atoms with Crippen LogP contribution in [0.4, 0.5) is 0 Å². The highest BCUT2D eigenvalue weighted by Gasteiger charge is 2.67. The van der Waals surface area contributed by atoms with E-state index in [1.54, 1.807) is 0 Å². The van der Waals surface area contributed by atoms with Crippen LogP contribution < -0.4 is 0 Å². The Balaban J connectivity index is 2.39. The van der Waals surface area contributed by atoms with Crippen molar-refractivity contribution in [3.8, 4) is 0 Å². The molecule has 0 saturated heterocycles. The molecule has 0 spiro atoms. The molecule has 2 aliphatic carbocycles. The molecular formula is C13H22O. The Morgan fingerprint density at radius 2 is 2.07 bits per heavy atom. The molecule has 2 fully saturated rings. The summed E-state index contributed by atoms with van der Waals surface area (Å²) < 4.78 is 0. The zero-order valence-corrected chi connectivity index (χ0v) is 9.64. The smallest absolute Gasteiger partial charge is 0.0743 e. The van der Waals surface area contributed by atoms with Gasteiger partial charge in [0.15, 0.2) is 0 Å². The van der Waals surface area contributed by atoms with Gasteiger partial charge in [0.2, 0.25) is 0 Å². The van der Waals surface area contributed by atoms with Crippen molar-refractivity contribution in [3.05, 3.63) is 12.7 Å². The number of aliphatic hydroxyl groups is 1. The maximum absolute atomic E-state index is 10.7. The maximum atomic E-state index is 10.7. The van der Waals surface area contributed by atoms with E-state index in [0.29, 0.717) is 11.3 Å². The first-order valence-electron chi connectivity index (χ1n) is 5.71. The van der Waals surface area contributed by atoms with Gasteiger partial charge in [-0.1, -0.05) is 26.8 Å². The molecule has 3 atom stereocenters. The van der Waals surface area contributed by atoms with Crippen molar-refractivity contribution in [2.75, 3.05) is 0 Å². The van der Waals surface area contributed by atoms with Crippen LogP contribution in [-0.4, -0.2) is 10.7 Å². The van der Waals surface area contributed by atoms with Crippen LogP contribution in [0.5, 0.6) is 0 Å². The SMILES string of the molecule is C=CC[C@]1(O)C[C@@H]2CC[C@@]1(C)C2(C)C. The van der Waals surface area contributed by atoms with Gasteiger partial charge in [-0.2, -0.15) is 0 Å². The minimum Gasteiger partial charge on any atom is -0.389 e. The zero-order valence-electron chi connectivity index (χ0n) is 9.64. The van der Waals surface area contributed by atoms with Gasteiger partial charge in [0.1, 0.15) is 0 Å². The van der Waals surface area contributed by atoms with Crippen LogP contribution in [0.2, 0.25) is 0 Å². The second-order valence-corrected chi connectivity index (χ2v) is 6.02. The summed E-state index contributed by atoms with van der Waals surface area (Å²) in [5, 5.41) is 10.7. The van der Waals surface area contributed by atoms with Crippen LogP contribution >= 0.6 is 0 Å². The van der Waals surface area contributed by atoms with Gasteiger partial charge in [-0.05, 0) is 37.0 Å². The Morgan fingerprint density at radius 1 is 1.43 bits per heavy atom. The van der Waals surface area contributed by atoms with Crippen molar-refractivity contribution < 1.29 is 5.11 Å². The largest absolute Gasteiger partial charge is 0.389 e. The minimum atomic E-state index is -0.485. The summed E-state index contributed by atoms with van der Waals surface area (Å²) in [5.41, 5.74) is -0.0925. The molecule has 0 radical (unpaired) electrons. The topological polar surface area (TPSA) is 20.2 Å². The predicted molar refractivity (Wildman–Crippen MR) is 59.0 cm³/mol. The van der Waals surface area contributed by atoms with Gasteiger partial charge in [-0.3, -0.25) is 0 Å². The van der Waals surface area contributed by atoms with Gasteiger partial charge in [-0.25, -0.2) is 0 Å². The first-order chi connectivity index (χ1) is 6.37.